The average Bonchev–Trinajstić information content (AvgIpc) is 3.23. The van der Waals surface area contributed by atoms with E-state index in [1.807, 2.05) is 32.0 Å². The smallest absolute Gasteiger partial charge is 0.349 e. The van der Waals surface area contributed by atoms with Crippen molar-refractivity contribution in [3.63, 3.8) is 0 Å². The van der Waals surface area contributed by atoms with Gasteiger partial charge in [-0.05, 0) is 19.4 Å². The molecule has 0 bridgehead atoms. The number of rotatable bonds is 9. The van der Waals surface area contributed by atoms with Crippen LogP contribution < -0.4 is 0 Å². The second kappa shape index (κ2) is 10.7. The summed E-state index contributed by atoms with van der Waals surface area (Å²) < 4.78 is 60.5. The van der Waals surface area contributed by atoms with Crippen LogP contribution in [0.4, 0.5) is 4.39 Å². The molecule has 1 amide bonds. The Morgan fingerprint density at radius 3 is 2.65 bits per heavy atom. The van der Waals surface area contributed by atoms with Crippen molar-refractivity contribution in [2.45, 2.75) is 58.0 Å². The van der Waals surface area contributed by atoms with Gasteiger partial charge in [-0.25, -0.2) is 8.96 Å². The number of phosphoric acid groups is 1. The highest BCUT2D eigenvalue weighted by atomic mass is 31.2. The zero-order chi connectivity index (χ0) is 24.3. The second-order valence-corrected chi connectivity index (χ2v) is 9.47. The SMILES string of the molecule is CCOC(OCC)c1ccccc1COP1(=O)OC[C@H]2O[C@@H](N3C=C(F)C(=O)CC3=O)C[C@@H]2O1. The Hall–Kier alpha value is -1.98. The van der Waals surface area contributed by atoms with Crippen LogP contribution in [0, 0.1) is 0 Å². The summed E-state index contributed by atoms with van der Waals surface area (Å²) in [7, 11) is -3.94. The number of halogens is 1. The normalized spacial score (nSPS) is 29.5. The number of carbonyl (C=O) groups excluding carboxylic acids is 2. The molecule has 0 saturated carbocycles. The fourth-order valence-corrected chi connectivity index (χ4v) is 5.33. The molecule has 2 fully saturated rings. The summed E-state index contributed by atoms with van der Waals surface area (Å²) in [5, 5.41) is 0. The van der Waals surface area contributed by atoms with Crippen molar-refractivity contribution in [3.05, 3.63) is 47.4 Å². The van der Waals surface area contributed by atoms with Gasteiger partial charge in [0.15, 0.2) is 12.1 Å². The topological polar surface area (TPSA) is 110 Å². The van der Waals surface area contributed by atoms with Gasteiger partial charge in [-0.15, -0.1) is 0 Å². The van der Waals surface area contributed by atoms with Crippen molar-refractivity contribution in [1.29, 1.82) is 0 Å². The third-order valence-electron chi connectivity index (χ3n) is 5.59. The number of carbonyl (C=O) groups is 2. The highest BCUT2D eigenvalue weighted by molar-refractivity contribution is 7.48. The lowest BCUT2D eigenvalue weighted by Crippen LogP contribution is -2.40. The summed E-state index contributed by atoms with van der Waals surface area (Å²) >= 11 is 0. The van der Waals surface area contributed by atoms with Gasteiger partial charge < -0.3 is 14.2 Å². The molecule has 3 aliphatic heterocycles. The van der Waals surface area contributed by atoms with Crippen LogP contribution in [-0.2, 0) is 48.5 Å². The lowest BCUT2D eigenvalue weighted by Gasteiger charge is -2.30. The molecule has 186 valence electrons. The molecule has 1 aromatic carbocycles. The Morgan fingerprint density at radius 2 is 1.91 bits per heavy atom. The number of allylic oxidation sites excluding steroid dienone is 1. The van der Waals surface area contributed by atoms with Gasteiger partial charge in [0.1, 0.15) is 18.4 Å². The Bertz CT molecular complexity index is 996. The van der Waals surface area contributed by atoms with Crippen LogP contribution in [0.3, 0.4) is 0 Å². The Balaban J connectivity index is 1.40. The summed E-state index contributed by atoms with van der Waals surface area (Å²) in [5.74, 6) is -2.46. The molecule has 12 heteroatoms. The van der Waals surface area contributed by atoms with Gasteiger partial charge >= 0.3 is 7.82 Å². The van der Waals surface area contributed by atoms with E-state index in [0.29, 0.717) is 18.8 Å². The summed E-state index contributed by atoms with van der Waals surface area (Å²) in [6.45, 7) is 4.45. The molecule has 10 nitrogen and oxygen atoms in total. The standard InChI is InChI=1S/C22H27FNO9P/c1-3-28-22(29-4-2)15-8-6-5-7-14(15)12-30-34(27)31-13-19-18(33-34)10-21(32-19)24-11-16(23)17(25)9-20(24)26/h5-8,11,18-19,21-22H,3-4,9-10,12-13H2,1-2H3/t18-,19+,21+,34?/m0/s1. The second-order valence-electron chi connectivity index (χ2n) is 7.84. The Labute approximate surface area is 196 Å². The Morgan fingerprint density at radius 1 is 1.18 bits per heavy atom. The molecule has 1 unspecified atom stereocenters. The largest absolute Gasteiger partial charge is 0.475 e. The van der Waals surface area contributed by atoms with E-state index in [0.717, 1.165) is 16.7 Å². The van der Waals surface area contributed by atoms with Crippen LogP contribution >= 0.6 is 7.82 Å². The van der Waals surface area contributed by atoms with E-state index in [9.17, 15) is 18.5 Å². The number of phosphoric ester groups is 1. The van der Waals surface area contributed by atoms with Gasteiger partial charge in [-0.2, -0.15) is 0 Å². The summed E-state index contributed by atoms with van der Waals surface area (Å²) in [4.78, 5) is 24.6. The molecule has 0 aromatic heterocycles. The van der Waals surface area contributed by atoms with Gasteiger partial charge in [0.25, 0.3) is 0 Å². The summed E-state index contributed by atoms with van der Waals surface area (Å²) in [6.07, 6.45) is -2.39. The van der Waals surface area contributed by atoms with Gasteiger partial charge in [0, 0.05) is 31.4 Å². The van der Waals surface area contributed by atoms with E-state index in [1.165, 1.54) is 0 Å². The van der Waals surface area contributed by atoms with Crippen molar-refractivity contribution < 1.29 is 46.3 Å². The molecule has 3 heterocycles. The molecule has 2 saturated heterocycles. The molecule has 4 rings (SSSR count). The average molecular weight is 499 g/mol. The minimum absolute atomic E-state index is 0.0769. The van der Waals surface area contributed by atoms with Crippen molar-refractivity contribution >= 4 is 19.5 Å². The minimum Gasteiger partial charge on any atom is -0.349 e. The predicted molar refractivity (Wildman–Crippen MR) is 115 cm³/mol. The maximum atomic E-state index is 13.7. The third-order valence-corrected chi connectivity index (χ3v) is 7.03. The van der Waals surface area contributed by atoms with Crippen molar-refractivity contribution in [1.82, 2.24) is 4.90 Å². The molecule has 0 N–H and O–H groups in total. The number of amides is 1. The van der Waals surface area contributed by atoms with E-state index >= 15 is 0 Å². The molecular weight excluding hydrogens is 472 g/mol. The zero-order valence-corrected chi connectivity index (χ0v) is 19.8. The quantitative estimate of drug-likeness (QED) is 0.286. The van der Waals surface area contributed by atoms with E-state index in [-0.39, 0.29) is 19.6 Å². The third kappa shape index (κ3) is 5.46. The zero-order valence-electron chi connectivity index (χ0n) is 18.9. The number of benzene rings is 1. The first-order chi connectivity index (χ1) is 16.3. The van der Waals surface area contributed by atoms with Gasteiger partial charge in [-0.3, -0.25) is 28.1 Å². The Kier molecular flexibility index (Phi) is 7.94. The predicted octanol–water partition coefficient (Wildman–Crippen LogP) is 3.53. The van der Waals surface area contributed by atoms with Crippen LogP contribution in [-0.4, -0.2) is 54.8 Å². The van der Waals surface area contributed by atoms with Gasteiger partial charge in [-0.1, -0.05) is 24.3 Å². The van der Waals surface area contributed by atoms with Crippen molar-refractivity contribution in [2.24, 2.45) is 0 Å². The van der Waals surface area contributed by atoms with Gasteiger partial charge in [0.2, 0.25) is 11.7 Å². The first kappa shape index (κ1) is 25.1. The van der Waals surface area contributed by atoms with Crippen LogP contribution in [0.15, 0.2) is 36.3 Å². The number of hydrogen-bond acceptors (Lipinski definition) is 9. The maximum absolute atomic E-state index is 13.7. The fourth-order valence-electron chi connectivity index (χ4n) is 3.96. The fraction of sp³-hybridized carbons (Fsp3) is 0.545. The molecule has 34 heavy (non-hydrogen) atoms. The number of ketones is 1. The van der Waals surface area contributed by atoms with E-state index < -0.39 is 56.5 Å². The maximum Gasteiger partial charge on any atom is 0.475 e. The van der Waals surface area contributed by atoms with Crippen LogP contribution in [0.25, 0.3) is 0 Å². The molecule has 0 aliphatic carbocycles. The number of ether oxygens (including phenoxy) is 3. The minimum atomic E-state index is -3.94. The lowest BCUT2D eigenvalue weighted by molar-refractivity contribution is -0.146. The number of nitrogens with zero attached hydrogens (tertiary/aromatic N) is 1. The highest BCUT2D eigenvalue weighted by Crippen LogP contribution is 2.56. The molecule has 0 spiro atoms. The van der Waals surface area contributed by atoms with Crippen LogP contribution in [0.2, 0.25) is 0 Å². The monoisotopic (exact) mass is 499 g/mol. The molecule has 1 aromatic rings. The number of hydrogen-bond donors (Lipinski definition) is 0. The van der Waals surface area contributed by atoms with Gasteiger partial charge in [0.05, 0.1) is 19.6 Å². The van der Waals surface area contributed by atoms with E-state index in [2.05, 4.69) is 0 Å². The molecular formula is C22H27FNO9P. The van der Waals surface area contributed by atoms with E-state index in [1.54, 1.807) is 6.07 Å². The summed E-state index contributed by atoms with van der Waals surface area (Å²) in [5.41, 5.74) is 1.44. The molecule has 3 aliphatic rings. The van der Waals surface area contributed by atoms with Crippen molar-refractivity contribution in [2.75, 3.05) is 19.8 Å². The summed E-state index contributed by atoms with van der Waals surface area (Å²) in [6, 6.07) is 7.30. The van der Waals surface area contributed by atoms with Crippen LogP contribution in [0.1, 0.15) is 44.1 Å². The number of fused-ring (bicyclic) bond motifs is 1. The highest BCUT2D eigenvalue weighted by Gasteiger charge is 2.49. The molecule has 0 radical (unpaired) electrons. The van der Waals surface area contributed by atoms with E-state index in [4.69, 9.17) is 27.8 Å². The van der Waals surface area contributed by atoms with Crippen LogP contribution in [0.5, 0.6) is 0 Å². The molecule has 4 atom stereocenters. The first-order valence-corrected chi connectivity index (χ1v) is 12.5. The first-order valence-electron chi connectivity index (χ1n) is 11.1. The van der Waals surface area contributed by atoms with Crippen molar-refractivity contribution in [3.8, 4) is 0 Å². The lowest BCUT2D eigenvalue weighted by atomic mass is 10.1. The number of Topliss-reactive ketones (excluding diaryl/α,β-unsaturated/α-hetero) is 1.